The Hall–Kier alpha value is -1.04. The van der Waals surface area contributed by atoms with Crippen molar-refractivity contribution in [1.82, 2.24) is 10.2 Å². The predicted molar refractivity (Wildman–Crippen MR) is 68.2 cm³/mol. The molecular formula is C14H18F2N2O. The molecule has 2 saturated heterocycles. The van der Waals surface area contributed by atoms with Crippen LogP contribution in [-0.4, -0.2) is 50.8 Å². The van der Waals surface area contributed by atoms with Gasteiger partial charge in [0.2, 0.25) is 0 Å². The van der Waals surface area contributed by atoms with E-state index in [4.69, 9.17) is 4.74 Å². The molecule has 0 atom stereocenters. The van der Waals surface area contributed by atoms with Crippen LogP contribution < -0.4 is 5.32 Å². The second kappa shape index (κ2) is 5.15. The van der Waals surface area contributed by atoms with E-state index in [1.807, 2.05) is 0 Å². The highest BCUT2D eigenvalue weighted by Gasteiger charge is 2.42. The molecule has 0 bridgehead atoms. The van der Waals surface area contributed by atoms with Gasteiger partial charge in [0.1, 0.15) is 0 Å². The number of hydrogen-bond acceptors (Lipinski definition) is 3. The van der Waals surface area contributed by atoms with Crippen molar-refractivity contribution in [3.05, 3.63) is 35.4 Å². The van der Waals surface area contributed by atoms with Crippen LogP contribution in [0, 0.1) is 11.6 Å². The molecule has 5 heteroatoms. The zero-order valence-electron chi connectivity index (χ0n) is 10.8. The van der Waals surface area contributed by atoms with E-state index in [2.05, 4.69) is 10.2 Å². The van der Waals surface area contributed by atoms with Crippen LogP contribution in [0.25, 0.3) is 0 Å². The first-order chi connectivity index (χ1) is 9.20. The molecule has 2 aliphatic heterocycles. The van der Waals surface area contributed by atoms with Gasteiger partial charge in [0.25, 0.3) is 0 Å². The normalized spacial score (nSPS) is 23.1. The van der Waals surface area contributed by atoms with Crippen molar-refractivity contribution in [2.75, 3.05) is 45.9 Å². The summed E-state index contributed by atoms with van der Waals surface area (Å²) in [5.74, 6) is -1.56. The molecule has 0 unspecified atom stereocenters. The number of nitrogens with zero attached hydrogens (tertiary/aromatic N) is 1. The van der Waals surface area contributed by atoms with Crippen LogP contribution in [0.2, 0.25) is 0 Å². The molecule has 1 aromatic rings. The summed E-state index contributed by atoms with van der Waals surface area (Å²) in [4.78, 5) is 2.36. The Balaban J connectivity index is 1.79. The lowest BCUT2D eigenvalue weighted by atomic mass is 9.78. The highest BCUT2D eigenvalue weighted by molar-refractivity contribution is 5.30. The quantitative estimate of drug-likeness (QED) is 0.889. The van der Waals surface area contributed by atoms with Crippen LogP contribution in [0.4, 0.5) is 8.78 Å². The molecule has 104 valence electrons. The smallest absolute Gasteiger partial charge is 0.159 e. The fourth-order valence-electron chi connectivity index (χ4n) is 2.82. The molecule has 0 spiro atoms. The van der Waals surface area contributed by atoms with E-state index in [1.54, 1.807) is 6.07 Å². The van der Waals surface area contributed by atoms with Crippen molar-refractivity contribution in [2.45, 2.75) is 5.41 Å². The number of ether oxygens (including phenoxy) is 1. The summed E-state index contributed by atoms with van der Waals surface area (Å²) in [6, 6.07) is 4.21. The van der Waals surface area contributed by atoms with Crippen molar-refractivity contribution in [3.63, 3.8) is 0 Å². The van der Waals surface area contributed by atoms with Gasteiger partial charge in [0, 0.05) is 32.7 Å². The SMILES string of the molecule is Fc1ccc(C2(CN3CCNCC3)COC2)cc1F. The molecule has 0 aromatic heterocycles. The van der Waals surface area contributed by atoms with Gasteiger partial charge >= 0.3 is 0 Å². The fraction of sp³-hybridized carbons (Fsp3) is 0.571. The zero-order valence-corrected chi connectivity index (χ0v) is 10.8. The van der Waals surface area contributed by atoms with Gasteiger partial charge in [-0.1, -0.05) is 6.07 Å². The third-order valence-corrected chi connectivity index (χ3v) is 4.02. The number of benzene rings is 1. The minimum atomic E-state index is -0.790. The Morgan fingerprint density at radius 2 is 1.89 bits per heavy atom. The number of hydrogen-bond donors (Lipinski definition) is 1. The molecule has 19 heavy (non-hydrogen) atoms. The summed E-state index contributed by atoms with van der Waals surface area (Å²) in [5, 5.41) is 3.31. The molecule has 1 N–H and O–H groups in total. The second-order valence-corrected chi connectivity index (χ2v) is 5.43. The van der Waals surface area contributed by atoms with E-state index in [0.29, 0.717) is 13.2 Å². The number of piperazine rings is 1. The molecule has 0 aliphatic carbocycles. The molecule has 0 amide bonds. The summed E-state index contributed by atoms with van der Waals surface area (Å²) in [5.41, 5.74) is 0.669. The number of nitrogens with one attached hydrogen (secondary N) is 1. The Kier molecular flexibility index (Phi) is 3.52. The van der Waals surface area contributed by atoms with Crippen LogP contribution in [0.15, 0.2) is 18.2 Å². The largest absolute Gasteiger partial charge is 0.379 e. The van der Waals surface area contributed by atoms with E-state index in [9.17, 15) is 8.78 Å². The zero-order chi connectivity index (χ0) is 13.3. The maximum absolute atomic E-state index is 13.4. The number of rotatable bonds is 3. The van der Waals surface area contributed by atoms with Crippen LogP contribution in [0.3, 0.4) is 0 Å². The monoisotopic (exact) mass is 268 g/mol. The summed E-state index contributed by atoms with van der Waals surface area (Å²) >= 11 is 0. The van der Waals surface area contributed by atoms with E-state index >= 15 is 0 Å². The van der Waals surface area contributed by atoms with Crippen LogP contribution >= 0.6 is 0 Å². The van der Waals surface area contributed by atoms with Gasteiger partial charge in [-0.25, -0.2) is 8.78 Å². The van der Waals surface area contributed by atoms with Crippen molar-refractivity contribution in [3.8, 4) is 0 Å². The minimum absolute atomic E-state index is 0.175. The Morgan fingerprint density at radius 3 is 2.47 bits per heavy atom. The number of halogens is 2. The molecule has 0 radical (unpaired) electrons. The first kappa shape index (κ1) is 13.0. The predicted octanol–water partition coefficient (Wildman–Crippen LogP) is 1.14. The van der Waals surface area contributed by atoms with Crippen LogP contribution in [0.5, 0.6) is 0 Å². The first-order valence-electron chi connectivity index (χ1n) is 6.66. The van der Waals surface area contributed by atoms with Crippen molar-refractivity contribution >= 4 is 0 Å². The van der Waals surface area contributed by atoms with Crippen molar-refractivity contribution < 1.29 is 13.5 Å². The van der Waals surface area contributed by atoms with E-state index in [1.165, 1.54) is 12.1 Å². The van der Waals surface area contributed by atoms with Crippen LogP contribution in [0.1, 0.15) is 5.56 Å². The van der Waals surface area contributed by atoms with Gasteiger partial charge in [-0.05, 0) is 17.7 Å². The molecule has 2 fully saturated rings. The molecule has 2 heterocycles. The Morgan fingerprint density at radius 1 is 1.16 bits per heavy atom. The van der Waals surface area contributed by atoms with Gasteiger partial charge in [-0.3, -0.25) is 4.90 Å². The van der Waals surface area contributed by atoms with Gasteiger partial charge in [0.15, 0.2) is 11.6 Å². The lowest BCUT2D eigenvalue weighted by molar-refractivity contribution is -0.0757. The lowest BCUT2D eigenvalue weighted by Gasteiger charge is -2.46. The molecule has 1 aromatic carbocycles. The van der Waals surface area contributed by atoms with Gasteiger partial charge in [-0.15, -0.1) is 0 Å². The van der Waals surface area contributed by atoms with E-state index < -0.39 is 11.6 Å². The molecule has 0 saturated carbocycles. The Labute approximate surface area is 111 Å². The summed E-state index contributed by atoms with van der Waals surface area (Å²) < 4.78 is 31.8. The Bertz CT molecular complexity index is 457. The average Bonchev–Trinajstić information content (AvgIpc) is 2.38. The topological polar surface area (TPSA) is 24.5 Å². The highest BCUT2D eigenvalue weighted by atomic mass is 19.2. The maximum atomic E-state index is 13.4. The third kappa shape index (κ3) is 2.50. The fourth-order valence-corrected chi connectivity index (χ4v) is 2.82. The summed E-state index contributed by atoms with van der Waals surface area (Å²) in [6.07, 6.45) is 0. The van der Waals surface area contributed by atoms with Crippen molar-refractivity contribution in [2.24, 2.45) is 0 Å². The highest BCUT2D eigenvalue weighted by Crippen LogP contribution is 2.34. The van der Waals surface area contributed by atoms with E-state index in [-0.39, 0.29) is 5.41 Å². The molecule has 3 rings (SSSR count). The third-order valence-electron chi connectivity index (χ3n) is 4.02. The second-order valence-electron chi connectivity index (χ2n) is 5.43. The van der Waals surface area contributed by atoms with Crippen LogP contribution in [-0.2, 0) is 10.2 Å². The minimum Gasteiger partial charge on any atom is -0.379 e. The molecule has 2 aliphatic rings. The first-order valence-corrected chi connectivity index (χ1v) is 6.66. The average molecular weight is 268 g/mol. The van der Waals surface area contributed by atoms with Gasteiger partial charge in [0.05, 0.1) is 18.6 Å². The standard InChI is InChI=1S/C14H18F2N2O/c15-12-2-1-11(7-13(12)16)14(9-19-10-14)8-18-5-3-17-4-6-18/h1-2,7,17H,3-6,8-10H2. The summed E-state index contributed by atoms with van der Waals surface area (Å²) in [6.45, 7) is 5.96. The van der Waals surface area contributed by atoms with Crippen molar-refractivity contribution in [1.29, 1.82) is 0 Å². The molecular weight excluding hydrogens is 250 g/mol. The van der Waals surface area contributed by atoms with Gasteiger partial charge < -0.3 is 10.1 Å². The lowest BCUT2D eigenvalue weighted by Crippen LogP contribution is -2.57. The van der Waals surface area contributed by atoms with E-state index in [0.717, 1.165) is 38.3 Å². The van der Waals surface area contributed by atoms with Gasteiger partial charge in [-0.2, -0.15) is 0 Å². The summed E-state index contributed by atoms with van der Waals surface area (Å²) in [7, 11) is 0. The maximum Gasteiger partial charge on any atom is 0.159 e. The molecule has 3 nitrogen and oxygen atoms in total.